The fourth-order valence-electron chi connectivity index (χ4n) is 0.864. The predicted molar refractivity (Wildman–Crippen MR) is 56.4 cm³/mol. The molecule has 74 valence electrons. The summed E-state index contributed by atoms with van der Waals surface area (Å²) in [6.07, 6.45) is 4.42. The Morgan fingerprint density at radius 2 is 2.07 bits per heavy atom. The van der Waals surface area contributed by atoms with Crippen LogP contribution in [0, 0.1) is 24.4 Å². The lowest BCUT2D eigenvalue weighted by molar-refractivity contribution is 0.156. The summed E-state index contributed by atoms with van der Waals surface area (Å²) in [6, 6.07) is 13.8. The highest BCUT2D eigenvalue weighted by molar-refractivity contribution is 5.72. The molecule has 0 aliphatic carbocycles. The van der Waals surface area contributed by atoms with Crippen LogP contribution in [0.3, 0.4) is 0 Å². The minimum absolute atomic E-state index is 0.666. The molecule has 0 radical (unpaired) electrons. The molecule has 0 saturated carbocycles. The first-order valence-electron chi connectivity index (χ1n) is 4.19. The topological polar surface area (TPSA) is 29.5 Å². The van der Waals surface area contributed by atoms with Gasteiger partial charge in [0.1, 0.15) is 0 Å². The van der Waals surface area contributed by atoms with E-state index in [-0.39, 0.29) is 0 Å². The number of hydrogen-bond acceptors (Lipinski definition) is 2. The number of terminal acetylenes is 1. The lowest BCUT2D eigenvalue weighted by Crippen LogP contribution is -2.20. The monoisotopic (exact) mass is 199 g/mol. The van der Waals surface area contributed by atoms with Gasteiger partial charge < -0.3 is 4.74 Å². The van der Waals surface area contributed by atoms with Crippen molar-refractivity contribution in [3.63, 3.8) is 0 Å². The van der Waals surface area contributed by atoms with Gasteiger partial charge in [-0.2, -0.15) is 4.90 Å². The predicted octanol–water partition coefficient (Wildman–Crippen LogP) is 1.65. The van der Waals surface area contributed by atoms with Gasteiger partial charge in [0, 0.05) is 17.7 Å². The highest BCUT2D eigenvalue weighted by atomic mass is 16.5. The van der Waals surface area contributed by atoms with Gasteiger partial charge in [-0.3, -0.25) is 0 Å². The summed E-state index contributed by atoms with van der Waals surface area (Å²) < 4.78 is 4.43. The van der Waals surface area contributed by atoms with Gasteiger partial charge in [0.05, 0.1) is 7.11 Å². The molecule has 3 nitrogen and oxygen atoms in total. The van der Waals surface area contributed by atoms with E-state index in [1.807, 2.05) is 30.3 Å². The fraction of sp³-hybridized carbons (Fsp3) is 0.0833. The van der Waals surface area contributed by atoms with Crippen LogP contribution in [0.4, 0.5) is 4.79 Å². The van der Waals surface area contributed by atoms with Gasteiger partial charge in [-0.05, 0) is 18.1 Å². The van der Waals surface area contributed by atoms with Gasteiger partial charge >= 0.3 is 6.09 Å². The van der Waals surface area contributed by atoms with Crippen LogP contribution in [-0.2, 0) is 4.74 Å². The third-order valence-corrected chi connectivity index (χ3v) is 1.57. The third-order valence-electron chi connectivity index (χ3n) is 1.57. The molecule has 0 unspecified atom stereocenters. The van der Waals surface area contributed by atoms with E-state index in [2.05, 4.69) is 22.7 Å². The first kappa shape index (κ1) is 10.7. The molecule has 0 bridgehead atoms. The maximum Gasteiger partial charge on any atom is 0.433 e. The van der Waals surface area contributed by atoms with Crippen LogP contribution in [0.15, 0.2) is 30.3 Å². The first-order valence-corrected chi connectivity index (χ1v) is 4.19. The Hall–Kier alpha value is -2.39. The number of hydrogen-bond donors (Lipinski definition) is 0. The SMILES string of the molecule is C#CN(C#Cc1ccccc1)C(=O)OC. The largest absolute Gasteiger partial charge is 0.451 e. The third kappa shape index (κ3) is 3.10. The second-order valence-electron chi connectivity index (χ2n) is 2.54. The maximum absolute atomic E-state index is 11.0. The van der Waals surface area contributed by atoms with E-state index < -0.39 is 6.09 Å². The van der Waals surface area contributed by atoms with Crippen LogP contribution in [-0.4, -0.2) is 18.1 Å². The molecular weight excluding hydrogens is 190 g/mol. The Bertz CT molecular complexity index is 434. The summed E-state index contributed by atoms with van der Waals surface area (Å²) in [5, 5.41) is 0. The van der Waals surface area contributed by atoms with E-state index in [1.165, 1.54) is 7.11 Å². The van der Waals surface area contributed by atoms with Crippen molar-refractivity contribution in [1.82, 2.24) is 4.90 Å². The molecule has 1 aromatic carbocycles. The average Bonchev–Trinajstić information content (AvgIpc) is 2.31. The molecule has 1 amide bonds. The lowest BCUT2D eigenvalue weighted by atomic mass is 10.2. The van der Waals surface area contributed by atoms with E-state index in [4.69, 9.17) is 6.42 Å². The zero-order chi connectivity index (χ0) is 11.1. The van der Waals surface area contributed by atoms with Crippen molar-refractivity contribution in [3.05, 3.63) is 35.9 Å². The van der Waals surface area contributed by atoms with Gasteiger partial charge in [0.25, 0.3) is 0 Å². The highest BCUT2D eigenvalue weighted by Gasteiger charge is 2.06. The number of nitrogens with zero attached hydrogens (tertiary/aromatic N) is 1. The van der Waals surface area contributed by atoms with Gasteiger partial charge in [-0.1, -0.05) is 24.6 Å². The summed E-state index contributed by atoms with van der Waals surface area (Å²) in [5.74, 6) is 2.74. The molecular formula is C12H9NO2. The summed E-state index contributed by atoms with van der Waals surface area (Å²) in [7, 11) is 1.25. The van der Waals surface area contributed by atoms with Crippen molar-refractivity contribution in [2.75, 3.05) is 7.11 Å². The molecule has 0 aromatic heterocycles. The molecule has 0 saturated heterocycles. The number of carbonyl (C=O) groups is 1. The zero-order valence-electron chi connectivity index (χ0n) is 8.23. The number of rotatable bonds is 0. The lowest BCUT2D eigenvalue weighted by Gasteiger charge is -2.03. The second-order valence-corrected chi connectivity index (χ2v) is 2.54. The number of amides is 1. The van der Waals surface area contributed by atoms with Crippen molar-refractivity contribution < 1.29 is 9.53 Å². The molecule has 0 spiro atoms. The summed E-state index contributed by atoms with van der Waals surface area (Å²) >= 11 is 0. The summed E-state index contributed by atoms with van der Waals surface area (Å²) in [4.78, 5) is 11.9. The molecule has 0 aliphatic rings. The highest BCUT2D eigenvalue weighted by Crippen LogP contribution is 1.96. The quantitative estimate of drug-likeness (QED) is 0.469. The Labute approximate surface area is 88.7 Å². The Morgan fingerprint density at radius 1 is 1.40 bits per heavy atom. The normalized spacial score (nSPS) is 8.00. The molecule has 1 rings (SSSR count). The molecule has 0 N–H and O–H groups in total. The van der Waals surface area contributed by atoms with E-state index in [0.717, 1.165) is 10.5 Å². The molecule has 0 aliphatic heterocycles. The standard InChI is InChI=1S/C12H9NO2/c1-3-13(12(14)15-2)10-9-11-7-5-4-6-8-11/h1,4-8H,2H3. The molecule has 0 fully saturated rings. The van der Waals surface area contributed by atoms with Crippen LogP contribution < -0.4 is 0 Å². The smallest absolute Gasteiger partial charge is 0.433 e. The van der Waals surface area contributed by atoms with Crippen molar-refractivity contribution in [1.29, 1.82) is 0 Å². The van der Waals surface area contributed by atoms with E-state index in [9.17, 15) is 4.79 Å². The fourth-order valence-corrected chi connectivity index (χ4v) is 0.864. The Balaban J connectivity index is 2.81. The van der Waals surface area contributed by atoms with Crippen molar-refractivity contribution in [3.8, 4) is 24.4 Å². The van der Waals surface area contributed by atoms with Crippen molar-refractivity contribution in [2.24, 2.45) is 0 Å². The minimum Gasteiger partial charge on any atom is -0.451 e. The van der Waals surface area contributed by atoms with Crippen LogP contribution in [0.5, 0.6) is 0 Å². The molecule has 3 heteroatoms. The van der Waals surface area contributed by atoms with E-state index in [1.54, 1.807) is 0 Å². The van der Waals surface area contributed by atoms with Gasteiger partial charge in [-0.25, -0.2) is 4.79 Å². The van der Waals surface area contributed by atoms with Gasteiger partial charge in [0.15, 0.2) is 0 Å². The number of methoxy groups -OCH3 is 1. The Morgan fingerprint density at radius 3 is 2.60 bits per heavy atom. The average molecular weight is 199 g/mol. The first-order chi connectivity index (χ1) is 7.27. The van der Waals surface area contributed by atoms with Crippen LogP contribution in [0.1, 0.15) is 5.56 Å². The van der Waals surface area contributed by atoms with Gasteiger partial charge in [0.2, 0.25) is 0 Å². The van der Waals surface area contributed by atoms with E-state index >= 15 is 0 Å². The molecule has 1 aromatic rings. The maximum atomic E-state index is 11.0. The van der Waals surface area contributed by atoms with Gasteiger partial charge in [-0.15, -0.1) is 0 Å². The minimum atomic E-state index is -0.666. The van der Waals surface area contributed by atoms with Crippen molar-refractivity contribution in [2.45, 2.75) is 0 Å². The summed E-state index contributed by atoms with van der Waals surface area (Å²) in [5.41, 5.74) is 0.779. The molecule has 15 heavy (non-hydrogen) atoms. The van der Waals surface area contributed by atoms with Crippen LogP contribution in [0.25, 0.3) is 0 Å². The zero-order valence-corrected chi connectivity index (χ0v) is 8.23. The number of carbonyl (C=O) groups excluding carboxylic acids is 1. The second kappa shape index (κ2) is 5.36. The van der Waals surface area contributed by atoms with Crippen molar-refractivity contribution >= 4 is 6.09 Å². The van der Waals surface area contributed by atoms with E-state index in [0.29, 0.717) is 0 Å². The van der Waals surface area contributed by atoms with Crippen LogP contribution in [0.2, 0.25) is 0 Å². The Kier molecular flexibility index (Phi) is 3.82. The number of benzene rings is 1. The molecule has 0 heterocycles. The molecule has 0 atom stereocenters. The number of ether oxygens (including phenoxy) is 1. The summed E-state index contributed by atoms with van der Waals surface area (Å²) in [6.45, 7) is 0. The van der Waals surface area contributed by atoms with Crippen LogP contribution >= 0.6 is 0 Å².